The molecule has 2 aromatic heterocycles. The first kappa shape index (κ1) is 18.8. The molecule has 0 saturated heterocycles. The Kier molecular flexibility index (Phi) is 4.63. The molecule has 1 atom stereocenters. The van der Waals surface area contributed by atoms with Crippen molar-refractivity contribution in [1.82, 2.24) is 9.55 Å². The molecule has 0 fully saturated rings. The second-order valence-corrected chi connectivity index (χ2v) is 7.52. The summed E-state index contributed by atoms with van der Waals surface area (Å²) in [7, 11) is 0. The van der Waals surface area contributed by atoms with Gasteiger partial charge in [-0.1, -0.05) is 0 Å². The first-order chi connectivity index (χ1) is 12.6. The molecule has 7 nitrogen and oxygen atoms in total. The minimum absolute atomic E-state index is 0.0884. The molecule has 142 valence electrons. The van der Waals surface area contributed by atoms with Gasteiger partial charge in [-0.25, -0.2) is 4.79 Å². The summed E-state index contributed by atoms with van der Waals surface area (Å²) in [5.41, 5.74) is 1.41. The maximum atomic E-state index is 12.7. The third-order valence-corrected chi connectivity index (χ3v) is 4.37. The van der Waals surface area contributed by atoms with Gasteiger partial charge in [0.25, 0.3) is 5.56 Å². The Morgan fingerprint density at radius 2 is 1.93 bits per heavy atom. The number of amides is 1. The van der Waals surface area contributed by atoms with E-state index in [0.717, 1.165) is 5.56 Å². The van der Waals surface area contributed by atoms with Gasteiger partial charge >= 0.3 is 6.09 Å². The van der Waals surface area contributed by atoms with Crippen LogP contribution < -0.4 is 10.5 Å². The van der Waals surface area contributed by atoms with E-state index in [1.807, 2.05) is 6.92 Å². The lowest BCUT2D eigenvalue weighted by Crippen LogP contribution is -2.41. The Morgan fingerprint density at radius 1 is 1.22 bits per heavy atom. The molecule has 1 aliphatic rings. The van der Waals surface area contributed by atoms with E-state index in [9.17, 15) is 14.4 Å². The maximum Gasteiger partial charge on any atom is 0.415 e. The van der Waals surface area contributed by atoms with Crippen LogP contribution in [0.1, 0.15) is 45.1 Å². The molecule has 1 unspecified atom stereocenters. The van der Waals surface area contributed by atoms with Crippen molar-refractivity contribution in [2.45, 2.75) is 52.8 Å². The zero-order valence-corrected chi connectivity index (χ0v) is 16.1. The monoisotopic (exact) mass is 369 g/mol. The molecule has 0 aliphatic carbocycles. The van der Waals surface area contributed by atoms with Crippen LogP contribution in [0.2, 0.25) is 0 Å². The highest BCUT2D eigenvalue weighted by Crippen LogP contribution is 2.35. The highest BCUT2D eigenvalue weighted by Gasteiger charge is 2.41. The number of carbonyl (C=O) groups excluding carboxylic acids is 2. The third kappa shape index (κ3) is 3.49. The molecule has 3 rings (SSSR count). The highest BCUT2D eigenvalue weighted by atomic mass is 16.6. The van der Waals surface area contributed by atoms with Crippen molar-refractivity contribution in [3.63, 3.8) is 0 Å². The molecule has 0 N–H and O–H groups in total. The fraction of sp³-hybridized carbons (Fsp3) is 0.400. The van der Waals surface area contributed by atoms with Gasteiger partial charge in [0, 0.05) is 30.6 Å². The molecule has 3 heterocycles. The number of carbonyl (C=O) groups is 2. The summed E-state index contributed by atoms with van der Waals surface area (Å²) >= 11 is 0. The molecule has 0 saturated carbocycles. The summed E-state index contributed by atoms with van der Waals surface area (Å²) in [5.74, 6) is -0.221. The number of ketones is 1. The summed E-state index contributed by atoms with van der Waals surface area (Å²) in [5, 5.41) is 0. The molecule has 1 aliphatic heterocycles. The van der Waals surface area contributed by atoms with Gasteiger partial charge in [-0.15, -0.1) is 0 Å². The van der Waals surface area contributed by atoms with Crippen molar-refractivity contribution in [3.8, 4) is 11.1 Å². The van der Waals surface area contributed by atoms with E-state index in [4.69, 9.17) is 4.74 Å². The zero-order valence-electron chi connectivity index (χ0n) is 16.1. The van der Waals surface area contributed by atoms with E-state index in [1.54, 1.807) is 56.8 Å². The number of fused-ring (bicyclic) bond motifs is 1. The van der Waals surface area contributed by atoms with E-state index >= 15 is 0 Å². The molecule has 0 spiro atoms. The Bertz CT molecular complexity index is 972. The predicted molar refractivity (Wildman–Crippen MR) is 102 cm³/mol. The second kappa shape index (κ2) is 6.64. The summed E-state index contributed by atoms with van der Waals surface area (Å²) in [6, 6.07) is 4.26. The van der Waals surface area contributed by atoms with Gasteiger partial charge in [0.1, 0.15) is 17.3 Å². The van der Waals surface area contributed by atoms with E-state index in [-0.39, 0.29) is 17.0 Å². The van der Waals surface area contributed by atoms with Crippen molar-refractivity contribution in [1.29, 1.82) is 0 Å². The molecule has 0 aromatic carbocycles. The third-order valence-electron chi connectivity index (χ3n) is 4.37. The van der Waals surface area contributed by atoms with Crippen molar-refractivity contribution in [3.05, 3.63) is 46.6 Å². The number of ether oxygens (including phenoxy) is 1. The number of hydrogen-bond acceptors (Lipinski definition) is 5. The lowest BCUT2D eigenvalue weighted by Gasteiger charge is -2.26. The highest BCUT2D eigenvalue weighted by molar-refractivity contribution is 6.15. The molecule has 0 radical (unpaired) electrons. The Balaban J connectivity index is 2.06. The van der Waals surface area contributed by atoms with Crippen LogP contribution >= 0.6 is 0 Å². The summed E-state index contributed by atoms with van der Waals surface area (Å²) in [4.78, 5) is 42.6. The van der Waals surface area contributed by atoms with Crippen molar-refractivity contribution in [2.75, 3.05) is 4.90 Å². The molecular formula is C20H23N3O4. The number of hydrogen-bond donors (Lipinski definition) is 0. The molecule has 27 heavy (non-hydrogen) atoms. The van der Waals surface area contributed by atoms with Crippen LogP contribution in [0.5, 0.6) is 0 Å². The summed E-state index contributed by atoms with van der Waals surface area (Å²) < 4.78 is 7.04. The number of Topliss-reactive ketones (excluding diaryl/α,β-unsaturated/α-hetero) is 1. The van der Waals surface area contributed by atoms with Crippen LogP contribution in [-0.4, -0.2) is 33.1 Å². The summed E-state index contributed by atoms with van der Waals surface area (Å²) in [6.45, 7) is 9.41. The molecular weight excluding hydrogens is 346 g/mol. The van der Waals surface area contributed by atoms with Crippen molar-refractivity contribution < 1.29 is 14.3 Å². The first-order valence-corrected chi connectivity index (χ1v) is 8.89. The minimum atomic E-state index is -0.679. The summed E-state index contributed by atoms with van der Waals surface area (Å²) in [6.07, 6.45) is 2.74. The zero-order chi connectivity index (χ0) is 19.9. The van der Waals surface area contributed by atoms with Gasteiger partial charge in [0.15, 0.2) is 0 Å². The Hall–Kier alpha value is -2.96. The molecule has 0 bridgehead atoms. The van der Waals surface area contributed by atoms with Gasteiger partial charge in [0.05, 0.1) is 5.69 Å². The van der Waals surface area contributed by atoms with E-state index in [1.165, 1.54) is 11.0 Å². The quantitative estimate of drug-likeness (QED) is 0.812. The molecule has 2 aromatic rings. The van der Waals surface area contributed by atoms with Gasteiger partial charge in [0.2, 0.25) is 5.78 Å². The fourth-order valence-corrected chi connectivity index (χ4v) is 3.03. The van der Waals surface area contributed by atoms with Gasteiger partial charge < -0.3 is 9.30 Å². The normalized spacial score (nSPS) is 16.4. The average molecular weight is 369 g/mol. The largest absolute Gasteiger partial charge is 0.443 e. The molecule has 7 heteroatoms. The number of aryl methyl sites for hydroxylation is 1. The molecule has 1 amide bonds. The maximum absolute atomic E-state index is 12.7. The number of anilines is 1. The lowest BCUT2D eigenvalue weighted by atomic mass is 10.1. The van der Waals surface area contributed by atoms with Crippen molar-refractivity contribution >= 4 is 17.6 Å². The second-order valence-electron chi connectivity index (χ2n) is 7.52. The Labute approximate surface area is 157 Å². The van der Waals surface area contributed by atoms with Gasteiger partial charge in [-0.05, 0) is 52.3 Å². The number of pyridine rings is 2. The lowest BCUT2D eigenvalue weighted by molar-refractivity contribution is 0.0564. The van der Waals surface area contributed by atoms with Crippen LogP contribution in [0.25, 0.3) is 11.1 Å². The number of nitrogens with zero attached hydrogens (tertiary/aromatic N) is 3. The van der Waals surface area contributed by atoms with Crippen LogP contribution in [0.4, 0.5) is 10.5 Å². The fourth-order valence-electron chi connectivity index (χ4n) is 3.03. The number of aromatic nitrogens is 2. The topological polar surface area (TPSA) is 81.5 Å². The van der Waals surface area contributed by atoms with Crippen LogP contribution in [0.3, 0.4) is 0 Å². The van der Waals surface area contributed by atoms with Gasteiger partial charge in [-0.3, -0.25) is 19.5 Å². The SMILES string of the molecule is CCn1cc(-c2cnc3c(c2)N(C(=O)OC(C)(C)C)C(C)C3=O)ccc1=O. The number of rotatable bonds is 2. The van der Waals surface area contributed by atoms with E-state index in [2.05, 4.69) is 4.98 Å². The van der Waals surface area contributed by atoms with Crippen LogP contribution in [0, 0.1) is 0 Å². The standard InChI is InChI=1S/C20H23N3O4/c1-6-22-11-13(7-8-16(22)24)14-9-15-17(21-10-14)18(25)12(2)23(15)19(26)27-20(3,4)5/h7-12H,6H2,1-5H3. The smallest absolute Gasteiger partial charge is 0.415 e. The average Bonchev–Trinajstić information content (AvgIpc) is 2.84. The first-order valence-electron chi connectivity index (χ1n) is 8.89. The predicted octanol–water partition coefficient (Wildman–Crippen LogP) is 3.26. The van der Waals surface area contributed by atoms with Crippen molar-refractivity contribution in [2.24, 2.45) is 0 Å². The van der Waals surface area contributed by atoms with Gasteiger partial charge in [-0.2, -0.15) is 0 Å². The van der Waals surface area contributed by atoms with Crippen LogP contribution in [-0.2, 0) is 11.3 Å². The minimum Gasteiger partial charge on any atom is -0.443 e. The van der Waals surface area contributed by atoms with Crippen LogP contribution in [0.15, 0.2) is 35.4 Å². The van der Waals surface area contributed by atoms with E-state index < -0.39 is 17.7 Å². The van der Waals surface area contributed by atoms with E-state index in [0.29, 0.717) is 17.8 Å². The Morgan fingerprint density at radius 3 is 2.56 bits per heavy atom.